The second kappa shape index (κ2) is 7.90. The summed E-state index contributed by atoms with van der Waals surface area (Å²) in [6, 6.07) is 18.1. The van der Waals surface area contributed by atoms with Crippen LogP contribution in [-0.2, 0) is 22.3 Å². The van der Waals surface area contributed by atoms with Crippen LogP contribution in [0.15, 0.2) is 71.3 Å². The third-order valence-corrected chi connectivity index (χ3v) is 7.89. The van der Waals surface area contributed by atoms with Crippen LogP contribution in [0, 0.1) is 5.92 Å². The molecule has 1 unspecified atom stereocenters. The monoisotopic (exact) mass is 535 g/mol. The van der Waals surface area contributed by atoms with Gasteiger partial charge in [0.1, 0.15) is 11.4 Å². The van der Waals surface area contributed by atoms with Crippen molar-refractivity contribution >= 4 is 38.6 Å². The number of halogens is 2. The van der Waals surface area contributed by atoms with Crippen molar-refractivity contribution in [2.24, 2.45) is 5.92 Å². The van der Waals surface area contributed by atoms with Gasteiger partial charge in [-0.25, -0.2) is 4.21 Å². The Balaban J connectivity index is 1.84. The normalized spacial score (nSPS) is 31.6. The number of aliphatic hydroxyl groups excluding tert-OH is 1. The molecule has 5 rings (SSSR count). The summed E-state index contributed by atoms with van der Waals surface area (Å²) in [4.78, 5) is 4.34. The molecule has 0 spiro atoms. The number of benzene rings is 2. The molecule has 166 valence electrons. The van der Waals surface area contributed by atoms with Gasteiger partial charge in [-0.2, -0.15) is 0 Å². The Bertz CT molecular complexity index is 1200. The molecule has 6 atom stereocenters. The summed E-state index contributed by atoms with van der Waals surface area (Å²) in [5.74, 6) is -1.42. The Hall–Kier alpha value is -1.81. The number of rotatable bonds is 4. The Kier molecular flexibility index (Phi) is 5.43. The smallest absolute Gasteiger partial charge is 0.181 e. The summed E-state index contributed by atoms with van der Waals surface area (Å²) in [6.07, 6.45) is -0.0383. The van der Waals surface area contributed by atoms with Gasteiger partial charge in [0.25, 0.3) is 0 Å². The van der Waals surface area contributed by atoms with Gasteiger partial charge in [-0.1, -0.05) is 70.0 Å². The topological polar surface area (TPSA) is 99.9 Å². The minimum Gasteiger partial charge on any atom is -0.476 e. The van der Waals surface area contributed by atoms with Crippen LogP contribution in [-0.4, -0.2) is 35.8 Å². The standard InChI is InChI=1S/C23H19BrClNO5S/c24-15-8-6-14(7-9-15)23-19(13-4-2-1-3-5-13)17(12-32(29)30)21(27)22(23,28)20-18(31-23)10-16(25)11-26-20/h1-11,17,19,21,27-28H,12H2,(H,29,30)/t17-,19-,21+,22+,23+/m1/s1. The largest absolute Gasteiger partial charge is 0.476 e. The molecule has 2 heterocycles. The van der Waals surface area contributed by atoms with Crippen molar-refractivity contribution in [3.8, 4) is 5.75 Å². The zero-order chi connectivity index (χ0) is 22.7. The Labute approximate surface area is 200 Å². The predicted octanol–water partition coefficient (Wildman–Crippen LogP) is 3.97. The van der Waals surface area contributed by atoms with Gasteiger partial charge >= 0.3 is 0 Å². The third-order valence-electron chi connectivity index (χ3n) is 6.48. The first kappa shape index (κ1) is 22.0. The minimum absolute atomic E-state index is 0.157. The second-order valence-corrected chi connectivity index (χ2v) is 10.4. The summed E-state index contributed by atoms with van der Waals surface area (Å²) >= 11 is 7.38. The number of pyridine rings is 1. The van der Waals surface area contributed by atoms with Crippen LogP contribution in [0.25, 0.3) is 0 Å². The first-order valence-electron chi connectivity index (χ1n) is 9.93. The van der Waals surface area contributed by atoms with Crippen LogP contribution in [0.3, 0.4) is 0 Å². The summed E-state index contributed by atoms with van der Waals surface area (Å²) < 4.78 is 29.0. The van der Waals surface area contributed by atoms with E-state index in [0.717, 1.165) is 10.0 Å². The molecule has 1 aliphatic carbocycles. The molecule has 3 aromatic rings. The molecule has 32 heavy (non-hydrogen) atoms. The van der Waals surface area contributed by atoms with Crippen LogP contribution in [0.1, 0.15) is 22.7 Å². The fourth-order valence-electron chi connectivity index (χ4n) is 5.32. The summed E-state index contributed by atoms with van der Waals surface area (Å²) in [5, 5.41) is 24.1. The van der Waals surface area contributed by atoms with Gasteiger partial charge in [0, 0.05) is 28.6 Å². The number of aromatic nitrogens is 1. The van der Waals surface area contributed by atoms with E-state index in [9.17, 15) is 19.0 Å². The average molecular weight is 537 g/mol. The fourth-order valence-corrected chi connectivity index (χ4v) is 6.43. The van der Waals surface area contributed by atoms with Crippen molar-refractivity contribution in [1.29, 1.82) is 0 Å². The van der Waals surface area contributed by atoms with Crippen molar-refractivity contribution in [1.82, 2.24) is 4.98 Å². The molecule has 3 N–H and O–H groups in total. The molecule has 1 saturated carbocycles. The lowest BCUT2D eigenvalue weighted by molar-refractivity contribution is -0.152. The SMILES string of the molecule is O=S(O)C[C@@H]1[C@@H](c2ccccc2)[C@]2(c3ccc(Br)cc3)Oc3cc(Cl)cnc3[C@]2(O)[C@H]1O. The first-order valence-corrected chi connectivity index (χ1v) is 12.4. The van der Waals surface area contributed by atoms with Gasteiger partial charge < -0.3 is 19.5 Å². The minimum atomic E-state index is -2.21. The lowest BCUT2D eigenvalue weighted by Crippen LogP contribution is -2.52. The van der Waals surface area contributed by atoms with E-state index in [4.69, 9.17) is 16.3 Å². The first-order chi connectivity index (χ1) is 15.3. The highest BCUT2D eigenvalue weighted by Crippen LogP contribution is 2.68. The zero-order valence-electron chi connectivity index (χ0n) is 16.6. The number of aliphatic hydroxyl groups is 2. The Morgan fingerprint density at radius 3 is 2.50 bits per heavy atom. The lowest BCUT2D eigenvalue weighted by Gasteiger charge is -2.40. The van der Waals surface area contributed by atoms with Gasteiger partial charge in [-0.3, -0.25) is 4.98 Å². The summed E-state index contributed by atoms with van der Waals surface area (Å²) in [5.41, 5.74) is -1.95. The van der Waals surface area contributed by atoms with E-state index >= 15 is 0 Å². The molecule has 2 aromatic carbocycles. The maximum Gasteiger partial charge on any atom is 0.181 e. The Morgan fingerprint density at radius 2 is 1.84 bits per heavy atom. The molecule has 1 aliphatic heterocycles. The van der Waals surface area contributed by atoms with Crippen LogP contribution in [0.5, 0.6) is 5.75 Å². The maximum absolute atomic E-state index is 12.3. The predicted molar refractivity (Wildman–Crippen MR) is 124 cm³/mol. The van der Waals surface area contributed by atoms with E-state index in [-0.39, 0.29) is 17.2 Å². The van der Waals surface area contributed by atoms with Gasteiger partial charge in [0.15, 0.2) is 22.3 Å². The molecule has 0 bridgehead atoms. The molecular weight excluding hydrogens is 518 g/mol. The van der Waals surface area contributed by atoms with Crippen molar-refractivity contribution in [3.05, 3.63) is 93.2 Å². The lowest BCUT2D eigenvalue weighted by atomic mass is 9.72. The van der Waals surface area contributed by atoms with Crippen molar-refractivity contribution in [3.63, 3.8) is 0 Å². The van der Waals surface area contributed by atoms with Gasteiger partial charge in [-0.05, 0) is 23.3 Å². The number of nitrogens with zero attached hydrogens (tertiary/aromatic N) is 1. The van der Waals surface area contributed by atoms with Gasteiger partial charge in [0.05, 0.1) is 16.9 Å². The van der Waals surface area contributed by atoms with E-state index in [2.05, 4.69) is 20.9 Å². The van der Waals surface area contributed by atoms with Gasteiger partial charge in [-0.15, -0.1) is 0 Å². The highest BCUT2D eigenvalue weighted by molar-refractivity contribution is 9.10. The quantitative estimate of drug-likeness (QED) is 0.437. The molecule has 0 amide bonds. The number of hydrogen-bond donors (Lipinski definition) is 3. The molecule has 6 nitrogen and oxygen atoms in total. The number of hydrogen-bond acceptors (Lipinski definition) is 5. The maximum atomic E-state index is 12.3. The molecular formula is C23H19BrClNO5S. The van der Waals surface area contributed by atoms with Gasteiger partial charge in [0.2, 0.25) is 0 Å². The number of fused-ring (bicyclic) bond motifs is 3. The molecule has 9 heteroatoms. The van der Waals surface area contributed by atoms with E-state index in [1.165, 1.54) is 6.20 Å². The van der Waals surface area contributed by atoms with Crippen LogP contribution in [0.2, 0.25) is 5.02 Å². The van der Waals surface area contributed by atoms with E-state index in [1.807, 2.05) is 54.6 Å². The highest BCUT2D eigenvalue weighted by atomic mass is 79.9. The van der Waals surface area contributed by atoms with Crippen molar-refractivity contribution in [2.45, 2.75) is 23.2 Å². The third kappa shape index (κ3) is 3.01. The second-order valence-electron chi connectivity index (χ2n) is 8.10. The van der Waals surface area contributed by atoms with E-state index < -0.39 is 40.2 Å². The summed E-state index contributed by atoms with van der Waals surface area (Å²) in [6.45, 7) is 0. The molecule has 1 fully saturated rings. The summed E-state index contributed by atoms with van der Waals surface area (Å²) in [7, 11) is 0. The molecule has 0 radical (unpaired) electrons. The molecule has 0 saturated heterocycles. The molecule has 2 aliphatic rings. The zero-order valence-corrected chi connectivity index (χ0v) is 19.7. The Morgan fingerprint density at radius 1 is 1.16 bits per heavy atom. The van der Waals surface area contributed by atoms with E-state index in [1.54, 1.807) is 6.07 Å². The van der Waals surface area contributed by atoms with Crippen LogP contribution >= 0.6 is 27.5 Å². The fraction of sp³-hybridized carbons (Fsp3) is 0.261. The van der Waals surface area contributed by atoms with Crippen molar-refractivity contribution < 1.29 is 23.7 Å². The number of ether oxygens (including phenoxy) is 1. The van der Waals surface area contributed by atoms with Crippen LogP contribution < -0.4 is 4.74 Å². The highest BCUT2D eigenvalue weighted by Gasteiger charge is 2.76. The average Bonchev–Trinajstić information content (AvgIpc) is 3.12. The van der Waals surface area contributed by atoms with E-state index in [0.29, 0.717) is 10.6 Å². The van der Waals surface area contributed by atoms with Crippen LogP contribution in [0.4, 0.5) is 0 Å². The van der Waals surface area contributed by atoms with Crippen molar-refractivity contribution in [2.75, 3.05) is 5.75 Å². The molecule has 1 aromatic heterocycles.